The molecule has 2 amide bonds. The first-order valence-electron chi connectivity index (χ1n) is 6.50. The average molecular weight is 280 g/mol. The van der Waals surface area contributed by atoms with Gasteiger partial charge in [0.25, 0.3) is 0 Å². The van der Waals surface area contributed by atoms with E-state index in [2.05, 4.69) is 5.32 Å². The van der Waals surface area contributed by atoms with E-state index >= 15 is 0 Å². The Morgan fingerprint density at radius 3 is 2.35 bits per heavy atom. The van der Waals surface area contributed by atoms with Crippen molar-refractivity contribution in [1.82, 2.24) is 10.2 Å². The van der Waals surface area contributed by atoms with E-state index in [-0.39, 0.29) is 30.7 Å². The molecule has 0 atom stereocenters. The van der Waals surface area contributed by atoms with Crippen molar-refractivity contribution in [1.29, 1.82) is 0 Å². The first-order chi connectivity index (χ1) is 9.21. The molecule has 0 saturated carbocycles. The van der Waals surface area contributed by atoms with Gasteiger partial charge in [0.15, 0.2) is 0 Å². The molecule has 0 heterocycles. The van der Waals surface area contributed by atoms with Crippen molar-refractivity contribution in [2.75, 3.05) is 6.54 Å². The van der Waals surface area contributed by atoms with Crippen LogP contribution < -0.4 is 5.32 Å². The second-order valence-corrected chi connectivity index (χ2v) is 5.64. The topological polar surface area (TPSA) is 49.4 Å². The molecule has 5 heteroatoms. The molecular formula is C15H21FN2O2. The molecule has 1 N–H and O–H groups in total. The number of amides is 2. The Morgan fingerprint density at radius 2 is 1.85 bits per heavy atom. The SMILES string of the molecule is CC(=O)N(CC(=O)NCc1ccccc1F)C(C)(C)C. The number of hydrogen-bond donors (Lipinski definition) is 1. The highest BCUT2D eigenvalue weighted by atomic mass is 19.1. The predicted octanol–water partition coefficient (Wildman–Crippen LogP) is 2.09. The maximum absolute atomic E-state index is 13.4. The van der Waals surface area contributed by atoms with Crippen LogP contribution in [0, 0.1) is 5.82 Å². The van der Waals surface area contributed by atoms with Crippen molar-refractivity contribution in [2.24, 2.45) is 0 Å². The van der Waals surface area contributed by atoms with Crippen molar-refractivity contribution in [3.63, 3.8) is 0 Å². The molecule has 0 unspecified atom stereocenters. The van der Waals surface area contributed by atoms with Gasteiger partial charge in [-0.2, -0.15) is 0 Å². The Morgan fingerprint density at radius 1 is 1.25 bits per heavy atom. The third-order valence-corrected chi connectivity index (χ3v) is 2.93. The summed E-state index contributed by atoms with van der Waals surface area (Å²) in [5.41, 5.74) is -0.00719. The second-order valence-electron chi connectivity index (χ2n) is 5.64. The molecule has 0 aliphatic heterocycles. The summed E-state index contributed by atoms with van der Waals surface area (Å²) in [6, 6.07) is 6.26. The maximum atomic E-state index is 13.4. The van der Waals surface area contributed by atoms with Gasteiger partial charge in [-0.3, -0.25) is 9.59 Å². The van der Waals surface area contributed by atoms with Crippen LogP contribution in [0.25, 0.3) is 0 Å². The molecular weight excluding hydrogens is 259 g/mol. The van der Waals surface area contributed by atoms with Crippen LogP contribution in [-0.2, 0) is 16.1 Å². The van der Waals surface area contributed by atoms with Gasteiger partial charge in [0, 0.05) is 24.6 Å². The van der Waals surface area contributed by atoms with E-state index in [1.165, 1.54) is 17.9 Å². The Kier molecular flexibility index (Phi) is 5.25. The van der Waals surface area contributed by atoms with Crippen LogP contribution in [0.1, 0.15) is 33.3 Å². The van der Waals surface area contributed by atoms with Crippen LogP contribution in [0.15, 0.2) is 24.3 Å². The zero-order valence-corrected chi connectivity index (χ0v) is 12.4. The van der Waals surface area contributed by atoms with Crippen LogP contribution in [-0.4, -0.2) is 28.8 Å². The van der Waals surface area contributed by atoms with Gasteiger partial charge in [-0.1, -0.05) is 18.2 Å². The van der Waals surface area contributed by atoms with Crippen LogP contribution in [0.2, 0.25) is 0 Å². The fourth-order valence-electron chi connectivity index (χ4n) is 1.86. The molecule has 20 heavy (non-hydrogen) atoms. The molecule has 0 bridgehead atoms. The van der Waals surface area contributed by atoms with Gasteiger partial charge < -0.3 is 10.2 Å². The summed E-state index contributed by atoms with van der Waals surface area (Å²) in [7, 11) is 0. The molecule has 0 spiro atoms. The van der Waals surface area contributed by atoms with Gasteiger partial charge in [-0.05, 0) is 26.8 Å². The highest BCUT2D eigenvalue weighted by molar-refractivity contribution is 5.84. The number of carbonyl (C=O) groups excluding carboxylic acids is 2. The molecule has 0 saturated heterocycles. The number of nitrogens with one attached hydrogen (secondary N) is 1. The van der Waals surface area contributed by atoms with E-state index in [0.717, 1.165) is 0 Å². The first-order valence-corrected chi connectivity index (χ1v) is 6.50. The molecule has 110 valence electrons. The fraction of sp³-hybridized carbons (Fsp3) is 0.467. The van der Waals surface area contributed by atoms with Crippen molar-refractivity contribution >= 4 is 11.8 Å². The molecule has 1 aromatic carbocycles. The summed E-state index contributed by atoms with van der Waals surface area (Å²) in [5, 5.41) is 2.62. The standard InChI is InChI=1S/C15H21FN2O2/c1-11(19)18(15(2,3)4)10-14(20)17-9-12-7-5-6-8-13(12)16/h5-8H,9-10H2,1-4H3,(H,17,20). The van der Waals surface area contributed by atoms with E-state index in [9.17, 15) is 14.0 Å². The van der Waals surface area contributed by atoms with Gasteiger partial charge in [-0.15, -0.1) is 0 Å². The van der Waals surface area contributed by atoms with Gasteiger partial charge in [-0.25, -0.2) is 4.39 Å². The molecule has 1 aromatic rings. The Hall–Kier alpha value is -1.91. The summed E-state index contributed by atoms with van der Waals surface area (Å²) < 4.78 is 13.4. The summed E-state index contributed by atoms with van der Waals surface area (Å²) in [6.45, 7) is 7.08. The van der Waals surface area contributed by atoms with E-state index in [0.29, 0.717) is 5.56 Å². The number of nitrogens with zero attached hydrogens (tertiary/aromatic N) is 1. The van der Waals surface area contributed by atoms with Crippen molar-refractivity contribution in [2.45, 2.75) is 39.8 Å². The van der Waals surface area contributed by atoms with Gasteiger partial charge >= 0.3 is 0 Å². The number of halogens is 1. The molecule has 0 aliphatic carbocycles. The highest BCUT2D eigenvalue weighted by Crippen LogP contribution is 2.13. The number of carbonyl (C=O) groups is 2. The van der Waals surface area contributed by atoms with E-state index < -0.39 is 5.54 Å². The molecule has 1 rings (SSSR count). The lowest BCUT2D eigenvalue weighted by molar-refractivity contribution is -0.139. The van der Waals surface area contributed by atoms with Gasteiger partial charge in [0.05, 0.1) is 0 Å². The maximum Gasteiger partial charge on any atom is 0.239 e. The van der Waals surface area contributed by atoms with E-state index in [4.69, 9.17) is 0 Å². The van der Waals surface area contributed by atoms with Crippen LogP contribution in [0.5, 0.6) is 0 Å². The third kappa shape index (κ3) is 4.64. The number of benzene rings is 1. The lowest BCUT2D eigenvalue weighted by atomic mass is 10.1. The predicted molar refractivity (Wildman–Crippen MR) is 75.4 cm³/mol. The zero-order valence-electron chi connectivity index (χ0n) is 12.4. The first kappa shape index (κ1) is 16.1. The largest absolute Gasteiger partial charge is 0.350 e. The monoisotopic (exact) mass is 280 g/mol. The number of hydrogen-bond acceptors (Lipinski definition) is 2. The summed E-state index contributed by atoms with van der Waals surface area (Å²) >= 11 is 0. The Labute approximate surface area is 119 Å². The Balaban J connectivity index is 2.60. The van der Waals surface area contributed by atoms with Crippen LogP contribution in [0.4, 0.5) is 4.39 Å². The average Bonchev–Trinajstić information content (AvgIpc) is 2.33. The quantitative estimate of drug-likeness (QED) is 0.918. The van der Waals surface area contributed by atoms with Crippen LogP contribution >= 0.6 is 0 Å². The second kappa shape index (κ2) is 6.50. The lowest BCUT2D eigenvalue weighted by Gasteiger charge is -2.34. The van der Waals surface area contributed by atoms with Crippen molar-refractivity contribution < 1.29 is 14.0 Å². The number of rotatable bonds is 4. The van der Waals surface area contributed by atoms with Crippen LogP contribution in [0.3, 0.4) is 0 Å². The minimum absolute atomic E-state index is 0.0344. The molecule has 0 fully saturated rings. The van der Waals surface area contributed by atoms with Crippen molar-refractivity contribution in [3.8, 4) is 0 Å². The third-order valence-electron chi connectivity index (χ3n) is 2.93. The Bertz CT molecular complexity index is 495. The van der Waals surface area contributed by atoms with Gasteiger partial charge in [0.1, 0.15) is 12.4 Å². The van der Waals surface area contributed by atoms with E-state index in [1.54, 1.807) is 18.2 Å². The minimum atomic E-state index is -0.429. The van der Waals surface area contributed by atoms with Gasteiger partial charge in [0.2, 0.25) is 11.8 Å². The molecule has 4 nitrogen and oxygen atoms in total. The minimum Gasteiger partial charge on any atom is -0.350 e. The smallest absolute Gasteiger partial charge is 0.239 e. The highest BCUT2D eigenvalue weighted by Gasteiger charge is 2.25. The van der Waals surface area contributed by atoms with Crippen molar-refractivity contribution in [3.05, 3.63) is 35.6 Å². The summed E-state index contributed by atoms with van der Waals surface area (Å²) in [5.74, 6) is -0.830. The zero-order chi connectivity index (χ0) is 15.3. The van der Waals surface area contributed by atoms with E-state index in [1.807, 2.05) is 20.8 Å². The molecule has 0 aromatic heterocycles. The fourth-order valence-corrected chi connectivity index (χ4v) is 1.86. The molecule has 0 aliphatic rings. The summed E-state index contributed by atoms with van der Waals surface area (Å²) in [6.07, 6.45) is 0. The normalized spacial score (nSPS) is 11.1. The molecule has 0 radical (unpaired) electrons. The summed E-state index contributed by atoms with van der Waals surface area (Å²) in [4.78, 5) is 24.9. The lowest BCUT2D eigenvalue weighted by Crippen LogP contribution is -2.49.